The molecule has 74 valence electrons. The van der Waals surface area contributed by atoms with Crippen molar-refractivity contribution in [1.82, 2.24) is 14.8 Å². The highest BCUT2D eigenvalue weighted by atomic mass is 16.1. The van der Waals surface area contributed by atoms with Gasteiger partial charge in [-0.2, -0.15) is 10.4 Å². The van der Waals surface area contributed by atoms with E-state index in [4.69, 9.17) is 0 Å². The van der Waals surface area contributed by atoms with Crippen LogP contribution in [0.3, 0.4) is 0 Å². The van der Waals surface area contributed by atoms with Crippen LogP contribution >= 0.6 is 0 Å². The number of rotatable bonds is 1. The molecule has 0 bridgehead atoms. The van der Waals surface area contributed by atoms with E-state index in [1.165, 1.54) is 10.9 Å². The molecule has 1 N–H and O–H groups in total. The molecule has 5 heteroatoms. The number of H-pyrrole nitrogens is 1. The molecule has 1 heterocycles. The Bertz CT molecular complexity index is 405. The normalized spacial score (nSPS) is 20.2. The summed E-state index contributed by atoms with van der Waals surface area (Å²) in [5, 5.41) is 15.2. The predicted molar refractivity (Wildman–Crippen MR) is 49.5 cm³/mol. The van der Waals surface area contributed by atoms with Gasteiger partial charge >= 0.3 is 5.69 Å². The highest BCUT2D eigenvalue weighted by Crippen LogP contribution is 2.32. The van der Waals surface area contributed by atoms with E-state index in [1.54, 1.807) is 0 Å². The van der Waals surface area contributed by atoms with E-state index in [0.29, 0.717) is 0 Å². The predicted octanol–water partition coefficient (Wildman–Crippen LogP) is 0.754. The van der Waals surface area contributed by atoms with Crippen molar-refractivity contribution < 1.29 is 0 Å². The monoisotopic (exact) mass is 192 g/mol. The molecule has 0 spiro atoms. The Balaban J connectivity index is 2.43. The summed E-state index contributed by atoms with van der Waals surface area (Å²) < 4.78 is 1.44. The van der Waals surface area contributed by atoms with E-state index in [2.05, 4.69) is 16.3 Å². The zero-order valence-corrected chi connectivity index (χ0v) is 7.86. The van der Waals surface area contributed by atoms with Crippen molar-refractivity contribution in [2.75, 3.05) is 0 Å². The molecule has 1 aliphatic carbocycles. The van der Waals surface area contributed by atoms with Gasteiger partial charge in [0.15, 0.2) is 0 Å². The number of hydrogen-bond acceptors (Lipinski definition) is 3. The lowest BCUT2D eigenvalue weighted by molar-refractivity contribution is 0.260. The molecule has 5 nitrogen and oxygen atoms in total. The van der Waals surface area contributed by atoms with Crippen LogP contribution in [-0.4, -0.2) is 14.8 Å². The molecule has 0 unspecified atom stereocenters. The zero-order chi connectivity index (χ0) is 10.0. The number of hydrogen-bond donors (Lipinski definition) is 1. The van der Waals surface area contributed by atoms with Crippen molar-refractivity contribution in [3.8, 4) is 6.07 Å². The van der Waals surface area contributed by atoms with Crippen LogP contribution in [0, 0.1) is 11.3 Å². The van der Waals surface area contributed by atoms with Crippen LogP contribution in [0.1, 0.15) is 32.1 Å². The Labute approximate surface area is 81.4 Å². The molecule has 1 aromatic heterocycles. The lowest BCUT2D eigenvalue weighted by Crippen LogP contribution is -2.40. The standard InChI is InChI=1S/C9H12N4O/c10-6-9(4-2-1-3-5-9)13-7-11-12-8(13)14/h7H,1-5H2,(H,12,14). The van der Waals surface area contributed by atoms with Crippen molar-refractivity contribution in [3.05, 3.63) is 16.8 Å². The van der Waals surface area contributed by atoms with Crippen LogP contribution in [0.5, 0.6) is 0 Å². The molecular formula is C9H12N4O. The van der Waals surface area contributed by atoms with Gasteiger partial charge in [-0.1, -0.05) is 19.3 Å². The molecule has 1 aliphatic rings. The quantitative estimate of drug-likeness (QED) is 0.713. The number of nitrogens with zero attached hydrogens (tertiary/aromatic N) is 3. The average molecular weight is 192 g/mol. The maximum atomic E-state index is 11.4. The van der Waals surface area contributed by atoms with Gasteiger partial charge in [-0.15, -0.1) is 0 Å². The van der Waals surface area contributed by atoms with Crippen LogP contribution in [0.2, 0.25) is 0 Å². The number of aromatic nitrogens is 3. The van der Waals surface area contributed by atoms with Gasteiger partial charge in [0.1, 0.15) is 11.9 Å². The fourth-order valence-electron chi connectivity index (χ4n) is 2.10. The molecule has 0 saturated heterocycles. The van der Waals surface area contributed by atoms with Gasteiger partial charge < -0.3 is 0 Å². The average Bonchev–Trinajstić information content (AvgIpc) is 2.66. The third-order valence-electron chi connectivity index (χ3n) is 2.90. The van der Waals surface area contributed by atoms with E-state index in [9.17, 15) is 10.1 Å². The summed E-state index contributed by atoms with van der Waals surface area (Å²) in [5.74, 6) is 0. The van der Waals surface area contributed by atoms with Crippen LogP contribution in [0.15, 0.2) is 11.1 Å². The highest BCUT2D eigenvalue weighted by molar-refractivity contribution is 5.06. The molecule has 1 fully saturated rings. The smallest absolute Gasteiger partial charge is 0.262 e. The second kappa shape index (κ2) is 3.29. The van der Waals surface area contributed by atoms with Gasteiger partial charge in [0.05, 0.1) is 6.07 Å². The van der Waals surface area contributed by atoms with Crippen molar-refractivity contribution in [2.24, 2.45) is 0 Å². The van der Waals surface area contributed by atoms with Gasteiger partial charge in [-0.3, -0.25) is 4.57 Å². The summed E-state index contributed by atoms with van der Waals surface area (Å²) in [7, 11) is 0. The minimum atomic E-state index is -0.650. The van der Waals surface area contributed by atoms with E-state index in [1.807, 2.05) is 0 Å². The van der Waals surface area contributed by atoms with Crippen molar-refractivity contribution >= 4 is 0 Å². The molecule has 0 atom stereocenters. The minimum Gasteiger partial charge on any atom is -0.262 e. The van der Waals surface area contributed by atoms with Crippen LogP contribution < -0.4 is 5.69 Å². The maximum absolute atomic E-state index is 11.4. The summed E-state index contributed by atoms with van der Waals surface area (Å²) in [6, 6.07) is 2.26. The van der Waals surface area contributed by atoms with Crippen LogP contribution in [0.4, 0.5) is 0 Å². The summed E-state index contributed by atoms with van der Waals surface area (Å²) in [6.45, 7) is 0. The van der Waals surface area contributed by atoms with Gasteiger partial charge in [0.25, 0.3) is 0 Å². The first-order valence-corrected chi connectivity index (χ1v) is 4.82. The molecule has 14 heavy (non-hydrogen) atoms. The maximum Gasteiger partial charge on any atom is 0.344 e. The summed E-state index contributed by atoms with van der Waals surface area (Å²) in [6.07, 6.45) is 6.09. The summed E-state index contributed by atoms with van der Waals surface area (Å²) in [5.41, 5.74) is -0.934. The lowest BCUT2D eigenvalue weighted by Gasteiger charge is -2.30. The Kier molecular flexibility index (Phi) is 2.12. The van der Waals surface area contributed by atoms with Gasteiger partial charge in [0.2, 0.25) is 0 Å². The highest BCUT2D eigenvalue weighted by Gasteiger charge is 2.35. The van der Waals surface area contributed by atoms with Crippen molar-refractivity contribution in [1.29, 1.82) is 5.26 Å². The fraction of sp³-hybridized carbons (Fsp3) is 0.667. The Morgan fingerprint density at radius 1 is 1.50 bits per heavy atom. The van der Waals surface area contributed by atoms with E-state index in [-0.39, 0.29) is 5.69 Å². The number of nitriles is 1. The molecule has 0 aromatic carbocycles. The Hall–Kier alpha value is -1.57. The third kappa shape index (κ3) is 1.23. The molecule has 1 saturated carbocycles. The van der Waals surface area contributed by atoms with Crippen molar-refractivity contribution in [3.63, 3.8) is 0 Å². The largest absolute Gasteiger partial charge is 0.344 e. The molecule has 0 radical (unpaired) electrons. The van der Waals surface area contributed by atoms with Gasteiger partial charge in [-0.05, 0) is 12.8 Å². The van der Waals surface area contributed by atoms with Crippen LogP contribution in [-0.2, 0) is 5.54 Å². The first kappa shape index (κ1) is 9.00. The number of nitrogens with one attached hydrogen (secondary N) is 1. The Morgan fingerprint density at radius 2 is 2.21 bits per heavy atom. The Morgan fingerprint density at radius 3 is 2.71 bits per heavy atom. The van der Waals surface area contributed by atoms with Gasteiger partial charge in [-0.25, -0.2) is 9.89 Å². The number of aromatic amines is 1. The van der Waals surface area contributed by atoms with Crippen LogP contribution in [0.25, 0.3) is 0 Å². The van der Waals surface area contributed by atoms with E-state index < -0.39 is 5.54 Å². The molecular weight excluding hydrogens is 180 g/mol. The molecule has 0 aliphatic heterocycles. The third-order valence-corrected chi connectivity index (χ3v) is 2.90. The zero-order valence-electron chi connectivity index (χ0n) is 7.86. The van der Waals surface area contributed by atoms with Gasteiger partial charge in [0, 0.05) is 0 Å². The molecule has 1 aromatic rings. The first-order valence-electron chi connectivity index (χ1n) is 4.82. The molecule has 2 rings (SSSR count). The fourth-order valence-corrected chi connectivity index (χ4v) is 2.10. The summed E-state index contributed by atoms with van der Waals surface area (Å²) >= 11 is 0. The SMILES string of the molecule is N#CC1(n2cn[nH]c2=O)CCCCC1. The summed E-state index contributed by atoms with van der Waals surface area (Å²) in [4.78, 5) is 11.4. The second-order valence-corrected chi connectivity index (χ2v) is 3.74. The minimum absolute atomic E-state index is 0.284. The molecule has 0 amide bonds. The van der Waals surface area contributed by atoms with E-state index in [0.717, 1.165) is 32.1 Å². The first-order chi connectivity index (χ1) is 6.78. The topological polar surface area (TPSA) is 74.5 Å². The second-order valence-electron chi connectivity index (χ2n) is 3.74. The lowest BCUT2D eigenvalue weighted by atomic mass is 9.83. The van der Waals surface area contributed by atoms with Crippen molar-refractivity contribution in [2.45, 2.75) is 37.6 Å². The van der Waals surface area contributed by atoms with E-state index >= 15 is 0 Å².